The Labute approximate surface area is 170 Å². The maximum Gasteiger partial charge on any atom is 0.269 e. The average Bonchev–Trinajstić information content (AvgIpc) is 3.16. The summed E-state index contributed by atoms with van der Waals surface area (Å²) in [6.45, 7) is 0.0975. The minimum Gasteiger partial charge on any atom is -0.454 e. The van der Waals surface area contributed by atoms with Crippen LogP contribution in [0.3, 0.4) is 0 Å². The van der Waals surface area contributed by atoms with Gasteiger partial charge in [-0.15, -0.1) is 0 Å². The summed E-state index contributed by atoms with van der Waals surface area (Å²) in [6, 6.07) is 17.3. The molecule has 1 aliphatic rings. The Morgan fingerprint density at radius 1 is 0.966 bits per heavy atom. The van der Waals surface area contributed by atoms with Crippen molar-refractivity contribution in [2.45, 2.75) is 14.7 Å². The van der Waals surface area contributed by atoms with Crippen molar-refractivity contribution in [2.24, 2.45) is 0 Å². The maximum absolute atomic E-state index is 13.0. The Balaban J connectivity index is 1.60. The highest BCUT2D eigenvalue weighted by molar-refractivity contribution is 8.00. The third-order valence-corrected chi connectivity index (χ3v) is 6.69. The van der Waals surface area contributed by atoms with Crippen LogP contribution in [0.1, 0.15) is 0 Å². The van der Waals surface area contributed by atoms with Gasteiger partial charge in [-0.2, -0.15) is 0 Å². The Bertz CT molecular complexity index is 1180. The quantitative estimate of drug-likeness (QED) is 0.459. The van der Waals surface area contributed by atoms with Gasteiger partial charge in [-0.1, -0.05) is 23.9 Å². The van der Waals surface area contributed by atoms with Gasteiger partial charge in [0.2, 0.25) is 6.79 Å². The third-order valence-electron chi connectivity index (χ3n) is 4.04. The number of non-ortho nitro benzene ring substituents is 1. The van der Waals surface area contributed by atoms with E-state index in [1.165, 1.54) is 30.0 Å². The van der Waals surface area contributed by atoms with Crippen LogP contribution in [0.4, 0.5) is 11.4 Å². The third kappa shape index (κ3) is 4.13. The minimum atomic E-state index is -3.88. The lowest BCUT2D eigenvalue weighted by atomic mass is 10.3. The first-order valence-electron chi connectivity index (χ1n) is 8.36. The molecule has 0 spiro atoms. The molecule has 0 unspecified atom stereocenters. The first kappa shape index (κ1) is 19.1. The number of hydrogen-bond acceptors (Lipinski definition) is 7. The van der Waals surface area contributed by atoms with Crippen molar-refractivity contribution >= 4 is 33.2 Å². The maximum atomic E-state index is 13.0. The number of anilines is 1. The molecule has 0 fully saturated rings. The highest BCUT2D eigenvalue weighted by Crippen LogP contribution is 2.37. The Kier molecular flexibility index (Phi) is 5.03. The molecule has 1 N–H and O–H groups in total. The van der Waals surface area contributed by atoms with Gasteiger partial charge in [0.25, 0.3) is 15.7 Å². The van der Waals surface area contributed by atoms with Gasteiger partial charge in [0.15, 0.2) is 11.5 Å². The molecule has 0 amide bonds. The van der Waals surface area contributed by atoms with Gasteiger partial charge in [-0.05, 0) is 36.4 Å². The van der Waals surface area contributed by atoms with Gasteiger partial charge in [-0.3, -0.25) is 14.8 Å². The van der Waals surface area contributed by atoms with Crippen LogP contribution < -0.4 is 14.2 Å². The Morgan fingerprint density at radius 3 is 2.45 bits per heavy atom. The number of rotatable bonds is 6. The summed E-state index contributed by atoms with van der Waals surface area (Å²) in [4.78, 5) is 11.6. The number of benzene rings is 3. The smallest absolute Gasteiger partial charge is 0.269 e. The zero-order valence-electron chi connectivity index (χ0n) is 14.8. The number of hydrogen-bond donors (Lipinski definition) is 1. The lowest BCUT2D eigenvalue weighted by Gasteiger charge is -2.12. The number of ether oxygens (including phenoxy) is 2. The Morgan fingerprint density at radius 2 is 1.69 bits per heavy atom. The minimum absolute atomic E-state index is 0.0280. The van der Waals surface area contributed by atoms with E-state index < -0.39 is 14.9 Å². The monoisotopic (exact) mass is 430 g/mol. The normalized spacial score (nSPS) is 12.6. The molecule has 8 nitrogen and oxygen atoms in total. The largest absolute Gasteiger partial charge is 0.454 e. The van der Waals surface area contributed by atoms with Crippen LogP contribution in [-0.4, -0.2) is 20.1 Å². The molecule has 29 heavy (non-hydrogen) atoms. The van der Waals surface area contributed by atoms with Crippen molar-refractivity contribution < 1.29 is 22.8 Å². The van der Waals surface area contributed by atoms with E-state index in [1.54, 1.807) is 48.5 Å². The predicted octanol–water partition coefficient (Wildman–Crippen LogP) is 4.28. The molecular formula is C19H14N2O6S2. The van der Waals surface area contributed by atoms with Gasteiger partial charge in [0, 0.05) is 28.0 Å². The zero-order chi connectivity index (χ0) is 20.4. The molecule has 3 aromatic rings. The highest BCUT2D eigenvalue weighted by atomic mass is 32.2. The van der Waals surface area contributed by atoms with E-state index in [-0.39, 0.29) is 17.4 Å². The van der Waals surface area contributed by atoms with Crippen LogP contribution in [0.2, 0.25) is 0 Å². The molecule has 0 saturated heterocycles. The fourth-order valence-electron chi connectivity index (χ4n) is 2.69. The average molecular weight is 430 g/mol. The molecule has 10 heteroatoms. The molecule has 4 rings (SSSR count). The number of nitrogens with zero attached hydrogens (tertiary/aromatic N) is 1. The molecule has 1 aliphatic heterocycles. The second-order valence-electron chi connectivity index (χ2n) is 5.97. The van der Waals surface area contributed by atoms with E-state index in [2.05, 4.69) is 4.72 Å². The molecule has 0 aromatic heterocycles. The molecule has 1 heterocycles. The first-order valence-corrected chi connectivity index (χ1v) is 10.7. The van der Waals surface area contributed by atoms with E-state index in [4.69, 9.17) is 9.47 Å². The summed E-state index contributed by atoms with van der Waals surface area (Å²) < 4.78 is 39.0. The summed E-state index contributed by atoms with van der Waals surface area (Å²) in [5, 5.41) is 10.8. The van der Waals surface area contributed by atoms with Crippen molar-refractivity contribution in [1.29, 1.82) is 0 Å². The van der Waals surface area contributed by atoms with Gasteiger partial charge in [0.1, 0.15) is 4.90 Å². The van der Waals surface area contributed by atoms with Crippen molar-refractivity contribution in [2.75, 3.05) is 11.5 Å². The highest BCUT2D eigenvalue weighted by Gasteiger charge is 2.21. The number of nitrogens with one attached hydrogen (secondary N) is 1. The molecule has 0 atom stereocenters. The first-order chi connectivity index (χ1) is 13.9. The molecule has 3 aromatic carbocycles. The van der Waals surface area contributed by atoms with Gasteiger partial charge in [-0.25, -0.2) is 8.42 Å². The van der Waals surface area contributed by atoms with E-state index in [9.17, 15) is 18.5 Å². The summed E-state index contributed by atoms with van der Waals surface area (Å²) in [6.07, 6.45) is 0. The van der Waals surface area contributed by atoms with Crippen LogP contribution in [0.25, 0.3) is 0 Å². The fourth-order valence-corrected chi connectivity index (χ4v) is 5.12. The van der Waals surface area contributed by atoms with Gasteiger partial charge in [0.05, 0.1) is 10.6 Å². The predicted molar refractivity (Wildman–Crippen MR) is 107 cm³/mol. The topological polar surface area (TPSA) is 108 Å². The van der Waals surface area contributed by atoms with Crippen LogP contribution in [0, 0.1) is 10.1 Å². The van der Waals surface area contributed by atoms with Crippen molar-refractivity contribution in [1.82, 2.24) is 0 Å². The van der Waals surface area contributed by atoms with Gasteiger partial charge < -0.3 is 9.47 Å². The number of fused-ring (bicyclic) bond motifs is 1. The molecule has 0 radical (unpaired) electrons. The molecule has 0 saturated carbocycles. The summed E-state index contributed by atoms with van der Waals surface area (Å²) >= 11 is 1.21. The lowest BCUT2D eigenvalue weighted by Crippen LogP contribution is -2.13. The van der Waals surface area contributed by atoms with Crippen LogP contribution in [-0.2, 0) is 10.0 Å². The number of nitro groups is 1. The standard InChI is InChI=1S/C19H14N2O6S2/c22-21(23)14-6-8-15(9-7-14)28-18-3-1-2-4-19(18)29(24,25)20-13-5-10-16-17(11-13)27-12-26-16/h1-11,20H,12H2. The second-order valence-corrected chi connectivity index (χ2v) is 8.74. The zero-order valence-corrected chi connectivity index (χ0v) is 16.4. The molecule has 148 valence electrons. The lowest BCUT2D eigenvalue weighted by molar-refractivity contribution is -0.384. The van der Waals surface area contributed by atoms with Crippen molar-refractivity contribution in [3.8, 4) is 11.5 Å². The van der Waals surface area contributed by atoms with E-state index in [1.807, 2.05) is 0 Å². The molecular weight excluding hydrogens is 416 g/mol. The summed E-state index contributed by atoms with van der Waals surface area (Å²) in [5.41, 5.74) is 0.323. The van der Waals surface area contributed by atoms with Crippen LogP contribution >= 0.6 is 11.8 Å². The Hall–Kier alpha value is -3.24. The van der Waals surface area contributed by atoms with Crippen LogP contribution in [0.5, 0.6) is 11.5 Å². The summed E-state index contributed by atoms with van der Waals surface area (Å²) in [5.74, 6) is 1.03. The van der Waals surface area contributed by atoms with Crippen molar-refractivity contribution in [3.63, 3.8) is 0 Å². The van der Waals surface area contributed by atoms with E-state index in [0.717, 1.165) is 0 Å². The molecule has 0 aliphatic carbocycles. The van der Waals surface area contributed by atoms with E-state index in [0.29, 0.717) is 27.0 Å². The second kappa shape index (κ2) is 7.64. The summed E-state index contributed by atoms with van der Waals surface area (Å²) in [7, 11) is -3.88. The SMILES string of the molecule is O=[N+]([O-])c1ccc(Sc2ccccc2S(=O)(=O)Nc2ccc3c(c2)OCO3)cc1. The number of sulfonamides is 1. The van der Waals surface area contributed by atoms with Crippen LogP contribution in [0.15, 0.2) is 81.4 Å². The van der Waals surface area contributed by atoms with Crippen molar-refractivity contribution in [3.05, 3.63) is 76.8 Å². The molecule has 0 bridgehead atoms. The van der Waals surface area contributed by atoms with E-state index >= 15 is 0 Å². The number of nitro benzene ring substituents is 1. The fraction of sp³-hybridized carbons (Fsp3) is 0.0526. The van der Waals surface area contributed by atoms with Gasteiger partial charge >= 0.3 is 0 Å².